The molecule has 0 atom stereocenters. The Bertz CT molecular complexity index is 1300. The van der Waals surface area contributed by atoms with Crippen LogP contribution in [0.5, 0.6) is 5.75 Å². The van der Waals surface area contributed by atoms with E-state index in [1.807, 2.05) is 31.2 Å². The first-order chi connectivity index (χ1) is 15.7. The number of rotatable bonds is 6. The lowest BCUT2D eigenvalue weighted by Crippen LogP contribution is -2.28. The highest BCUT2D eigenvalue weighted by Gasteiger charge is 2.28. The van der Waals surface area contributed by atoms with Crippen LogP contribution in [0.4, 0.5) is 5.69 Å². The third-order valence-electron chi connectivity index (χ3n) is 5.66. The normalized spacial score (nSPS) is 14.5. The molecule has 2 N–H and O–H groups in total. The van der Waals surface area contributed by atoms with Crippen molar-refractivity contribution < 1.29 is 18.3 Å². The topological polar surface area (TPSA) is 105 Å². The number of phenols is 1. The van der Waals surface area contributed by atoms with E-state index in [0.29, 0.717) is 25.3 Å². The number of phenolic OH excluding ortho intramolecular Hbond substituents is 1. The molecule has 1 amide bonds. The highest BCUT2D eigenvalue weighted by molar-refractivity contribution is 7.89. The molecule has 2 aromatic carbocycles. The Morgan fingerprint density at radius 1 is 1.12 bits per heavy atom. The first-order valence-electron chi connectivity index (χ1n) is 10.6. The van der Waals surface area contributed by atoms with Gasteiger partial charge in [0.15, 0.2) is 0 Å². The van der Waals surface area contributed by atoms with E-state index >= 15 is 0 Å². The minimum absolute atomic E-state index is 0.00962. The van der Waals surface area contributed by atoms with Crippen LogP contribution in [0.1, 0.15) is 40.0 Å². The quantitative estimate of drug-likeness (QED) is 0.511. The fraction of sp³-hybridized carbons (Fsp3) is 0.304. The van der Waals surface area contributed by atoms with Gasteiger partial charge in [0.1, 0.15) is 10.9 Å². The van der Waals surface area contributed by atoms with Crippen LogP contribution in [-0.4, -0.2) is 46.6 Å². The molecule has 1 aliphatic heterocycles. The molecule has 3 aromatic rings. The number of halogens is 1. The third-order valence-corrected chi connectivity index (χ3v) is 7.94. The first kappa shape index (κ1) is 23.3. The molecule has 1 aromatic heterocycles. The van der Waals surface area contributed by atoms with Gasteiger partial charge in [-0.1, -0.05) is 41.4 Å². The number of aromatic nitrogens is 2. The summed E-state index contributed by atoms with van der Waals surface area (Å²) >= 11 is 6.48. The standard InChI is InChI=1S/C23H25ClN4O4S/c1-15-5-7-17(8-6-15)14-28-22(24)21(16(2)26-28)23(30)25-19-13-18(9-10-20(19)29)33(31,32)27-11-3-4-12-27/h5-10,13,29H,3-4,11-12,14H2,1-2H3,(H,25,30). The third kappa shape index (κ3) is 4.75. The number of aromatic hydroxyl groups is 1. The van der Waals surface area contributed by atoms with Crippen molar-refractivity contribution in [3.05, 3.63) is 70.0 Å². The van der Waals surface area contributed by atoms with E-state index in [1.54, 1.807) is 6.92 Å². The zero-order chi connectivity index (χ0) is 23.8. The molecule has 0 radical (unpaired) electrons. The van der Waals surface area contributed by atoms with Gasteiger partial charge < -0.3 is 10.4 Å². The Balaban J connectivity index is 1.58. The van der Waals surface area contributed by atoms with Crippen LogP contribution < -0.4 is 5.32 Å². The minimum atomic E-state index is -3.70. The molecule has 10 heteroatoms. The van der Waals surface area contributed by atoms with Gasteiger partial charge in [-0.05, 0) is 50.5 Å². The largest absolute Gasteiger partial charge is 0.506 e. The fourth-order valence-electron chi connectivity index (χ4n) is 3.82. The van der Waals surface area contributed by atoms with Crippen LogP contribution in [0.25, 0.3) is 0 Å². The van der Waals surface area contributed by atoms with E-state index in [4.69, 9.17) is 11.6 Å². The van der Waals surface area contributed by atoms with Gasteiger partial charge in [-0.2, -0.15) is 9.40 Å². The molecule has 2 heterocycles. The number of hydrogen-bond donors (Lipinski definition) is 2. The van der Waals surface area contributed by atoms with Crippen molar-refractivity contribution in [2.75, 3.05) is 18.4 Å². The SMILES string of the molecule is Cc1ccc(Cn2nc(C)c(C(=O)Nc3cc(S(=O)(=O)N4CCCC4)ccc3O)c2Cl)cc1. The molecule has 0 bridgehead atoms. The van der Waals surface area contributed by atoms with Gasteiger partial charge in [-0.3, -0.25) is 4.79 Å². The molecule has 33 heavy (non-hydrogen) atoms. The first-order valence-corrected chi connectivity index (χ1v) is 12.4. The maximum atomic E-state index is 13.0. The van der Waals surface area contributed by atoms with Gasteiger partial charge in [0.05, 0.1) is 28.4 Å². The van der Waals surface area contributed by atoms with Crippen molar-refractivity contribution in [1.82, 2.24) is 14.1 Å². The predicted octanol–water partition coefficient (Wildman–Crippen LogP) is 3.94. The second-order valence-electron chi connectivity index (χ2n) is 8.14. The van der Waals surface area contributed by atoms with Crippen molar-refractivity contribution in [3.63, 3.8) is 0 Å². The maximum Gasteiger partial charge on any atom is 0.260 e. The monoisotopic (exact) mass is 488 g/mol. The summed E-state index contributed by atoms with van der Waals surface area (Å²) in [4.78, 5) is 13.0. The van der Waals surface area contributed by atoms with Crippen molar-refractivity contribution in [3.8, 4) is 5.75 Å². The molecule has 0 spiro atoms. The second kappa shape index (κ2) is 9.17. The Hall–Kier alpha value is -2.88. The number of benzene rings is 2. The second-order valence-corrected chi connectivity index (χ2v) is 10.4. The van der Waals surface area contributed by atoms with Crippen LogP contribution in [0.15, 0.2) is 47.4 Å². The van der Waals surface area contributed by atoms with E-state index in [-0.39, 0.29) is 27.0 Å². The Labute approximate surface area is 197 Å². The Morgan fingerprint density at radius 2 is 1.79 bits per heavy atom. The zero-order valence-electron chi connectivity index (χ0n) is 18.4. The zero-order valence-corrected chi connectivity index (χ0v) is 19.9. The minimum Gasteiger partial charge on any atom is -0.506 e. The number of hydrogen-bond acceptors (Lipinski definition) is 5. The average molecular weight is 489 g/mol. The Kier molecular flexibility index (Phi) is 6.47. The molecule has 1 aliphatic rings. The maximum absolute atomic E-state index is 13.0. The predicted molar refractivity (Wildman–Crippen MR) is 126 cm³/mol. The summed E-state index contributed by atoms with van der Waals surface area (Å²) in [7, 11) is -3.70. The highest BCUT2D eigenvalue weighted by Crippen LogP contribution is 2.31. The number of amides is 1. The van der Waals surface area contributed by atoms with Gasteiger partial charge in [-0.15, -0.1) is 0 Å². The lowest BCUT2D eigenvalue weighted by Gasteiger charge is -2.16. The van der Waals surface area contributed by atoms with Gasteiger partial charge in [0, 0.05) is 13.1 Å². The summed E-state index contributed by atoms with van der Waals surface area (Å²) < 4.78 is 28.7. The molecule has 4 rings (SSSR count). The number of aryl methyl sites for hydroxylation is 2. The summed E-state index contributed by atoms with van der Waals surface area (Å²) in [6, 6.07) is 11.8. The van der Waals surface area contributed by atoms with Crippen molar-refractivity contribution in [2.45, 2.75) is 38.1 Å². The van der Waals surface area contributed by atoms with Crippen LogP contribution >= 0.6 is 11.6 Å². The van der Waals surface area contributed by atoms with Crippen molar-refractivity contribution >= 4 is 33.2 Å². The number of carbonyl (C=O) groups excluding carboxylic acids is 1. The van der Waals surface area contributed by atoms with Gasteiger partial charge in [0.25, 0.3) is 5.91 Å². The van der Waals surface area contributed by atoms with Crippen molar-refractivity contribution in [2.24, 2.45) is 0 Å². The van der Waals surface area contributed by atoms with E-state index in [1.165, 1.54) is 27.2 Å². The molecule has 8 nitrogen and oxygen atoms in total. The molecular weight excluding hydrogens is 464 g/mol. The number of sulfonamides is 1. The number of nitrogens with one attached hydrogen (secondary N) is 1. The molecule has 0 aliphatic carbocycles. The number of carbonyl (C=O) groups is 1. The summed E-state index contributed by atoms with van der Waals surface area (Å²) in [5.41, 5.74) is 2.69. The molecule has 1 saturated heterocycles. The van der Waals surface area contributed by atoms with Crippen LogP contribution in [0, 0.1) is 13.8 Å². The smallest absolute Gasteiger partial charge is 0.260 e. The molecule has 174 valence electrons. The van der Waals surface area contributed by atoms with E-state index < -0.39 is 15.9 Å². The lowest BCUT2D eigenvalue weighted by atomic mass is 10.1. The van der Waals surface area contributed by atoms with Gasteiger partial charge in [0.2, 0.25) is 10.0 Å². The van der Waals surface area contributed by atoms with Crippen LogP contribution in [0.3, 0.4) is 0 Å². The van der Waals surface area contributed by atoms with E-state index in [0.717, 1.165) is 24.0 Å². The molecule has 0 saturated carbocycles. The van der Waals surface area contributed by atoms with Crippen LogP contribution in [0.2, 0.25) is 5.15 Å². The number of nitrogens with zero attached hydrogens (tertiary/aromatic N) is 3. The summed E-state index contributed by atoms with van der Waals surface area (Å²) in [6.07, 6.45) is 1.62. The van der Waals surface area contributed by atoms with E-state index in [2.05, 4.69) is 10.4 Å². The van der Waals surface area contributed by atoms with E-state index in [9.17, 15) is 18.3 Å². The summed E-state index contributed by atoms with van der Waals surface area (Å²) in [5.74, 6) is -0.830. The van der Waals surface area contributed by atoms with Crippen molar-refractivity contribution in [1.29, 1.82) is 0 Å². The van der Waals surface area contributed by atoms with Crippen LogP contribution in [-0.2, 0) is 16.6 Å². The van der Waals surface area contributed by atoms with Gasteiger partial charge >= 0.3 is 0 Å². The highest BCUT2D eigenvalue weighted by atomic mass is 35.5. The molecule has 1 fully saturated rings. The lowest BCUT2D eigenvalue weighted by molar-refractivity contribution is 0.102. The summed E-state index contributed by atoms with van der Waals surface area (Å²) in [6.45, 7) is 4.97. The number of anilines is 1. The van der Waals surface area contributed by atoms with Gasteiger partial charge in [-0.25, -0.2) is 13.1 Å². The Morgan fingerprint density at radius 3 is 2.45 bits per heavy atom. The summed E-state index contributed by atoms with van der Waals surface area (Å²) in [5, 5.41) is 17.4. The molecule has 0 unspecified atom stereocenters. The fourth-order valence-corrected chi connectivity index (χ4v) is 5.68. The molecular formula is C23H25ClN4O4S. The average Bonchev–Trinajstić information content (AvgIpc) is 3.40.